The molecule has 8 heteroatoms. The molecule has 3 amide bonds. The smallest absolute Gasteiger partial charge is 0.322 e. The summed E-state index contributed by atoms with van der Waals surface area (Å²) in [5, 5.41) is 2.70. The second-order valence-corrected chi connectivity index (χ2v) is 7.74. The van der Waals surface area contributed by atoms with Crippen LogP contribution in [0.5, 0.6) is 0 Å². The van der Waals surface area contributed by atoms with Crippen LogP contribution in [-0.4, -0.2) is 38.9 Å². The summed E-state index contributed by atoms with van der Waals surface area (Å²) >= 11 is 0. The largest absolute Gasteiger partial charge is 0.467 e. The van der Waals surface area contributed by atoms with Crippen LogP contribution in [-0.2, 0) is 24.9 Å². The van der Waals surface area contributed by atoms with Crippen LogP contribution in [0.15, 0.2) is 65.4 Å². The third kappa shape index (κ3) is 5.33. The van der Waals surface area contributed by atoms with Crippen LogP contribution in [0.25, 0.3) is 0 Å². The molecule has 1 aliphatic carbocycles. The van der Waals surface area contributed by atoms with Crippen LogP contribution in [0.2, 0.25) is 0 Å². The Morgan fingerprint density at radius 1 is 1.16 bits per heavy atom. The van der Waals surface area contributed by atoms with Gasteiger partial charge in [-0.2, -0.15) is 0 Å². The molecule has 0 unspecified atom stereocenters. The topological polar surface area (TPSA) is 70.7 Å². The van der Waals surface area contributed by atoms with Gasteiger partial charge in [0.05, 0.1) is 19.4 Å². The summed E-state index contributed by atoms with van der Waals surface area (Å²) in [7, 11) is 1.92. The van der Waals surface area contributed by atoms with E-state index in [1.54, 1.807) is 23.3 Å². The van der Waals surface area contributed by atoms with Crippen molar-refractivity contribution in [1.29, 1.82) is 0 Å². The lowest BCUT2D eigenvalue weighted by Gasteiger charge is -2.27. The molecule has 1 fully saturated rings. The fourth-order valence-electron chi connectivity index (χ4n) is 3.44. The predicted molar refractivity (Wildman–Crippen MR) is 114 cm³/mol. The number of hydrogen-bond donors (Lipinski definition) is 1. The molecule has 162 valence electrons. The number of carbonyl (C=O) groups is 2. The molecule has 2 heterocycles. The van der Waals surface area contributed by atoms with Crippen molar-refractivity contribution in [3.8, 4) is 0 Å². The average molecular weight is 424 g/mol. The zero-order valence-corrected chi connectivity index (χ0v) is 17.3. The van der Waals surface area contributed by atoms with Gasteiger partial charge in [-0.3, -0.25) is 4.79 Å². The van der Waals surface area contributed by atoms with E-state index in [1.807, 2.05) is 36.0 Å². The third-order valence-corrected chi connectivity index (χ3v) is 5.31. The van der Waals surface area contributed by atoms with Crippen LogP contribution in [0.1, 0.15) is 24.3 Å². The fourth-order valence-corrected chi connectivity index (χ4v) is 3.44. The van der Waals surface area contributed by atoms with E-state index in [2.05, 4.69) is 5.32 Å². The fraction of sp³-hybridized carbons (Fsp3) is 0.304. The number of anilines is 1. The quantitative estimate of drug-likeness (QED) is 0.595. The van der Waals surface area contributed by atoms with Crippen LogP contribution >= 0.6 is 0 Å². The Bertz CT molecular complexity index is 1040. The summed E-state index contributed by atoms with van der Waals surface area (Å²) in [6.45, 7) is 0.644. The van der Waals surface area contributed by atoms with Crippen molar-refractivity contribution < 1.29 is 18.4 Å². The van der Waals surface area contributed by atoms with Gasteiger partial charge in [0.25, 0.3) is 0 Å². The maximum atomic E-state index is 13.5. The summed E-state index contributed by atoms with van der Waals surface area (Å²) in [5.41, 5.74) is 1.33. The molecule has 4 rings (SSSR count). The molecule has 3 aromatic rings. The molecule has 0 bridgehead atoms. The molecule has 31 heavy (non-hydrogen) atoms. The first-order chi connectivity index (χ1) is 15.0. The van der Waals surface area contributed by atoms with Crippen molar-refractivity contribution >= 4 is 17.6 Å². The number of benzene rings is 1. The lowest BCUT2D eigenvalue weighted by Crippen LogP contribution is -2.45. The number of aryl methyl sites for hydroxylation is 1. The lowest BCUT2D eigenvalue weighted by atomic mass is 10.3. The van der Waals surface area contributed by atoms with Crippen molar-refractivity contribution in [3.05, 3.63) is 78.3 Å². The SMILES string of the molecule is Cn1cccc1CN(Cc1ccco1)C(=O)CN(C(=O)Nc1cccc(F)c1)C1CC1. The first kappa shape index (κ1) is 20.7. The standard InChI is InChI=1S/C23H25FN4O3/c1-26-11-3-7-20(26)14-27(15-21-8-4-12-31-21)22(29)16-28(19-9-10-19)23(30)25-18-6-2-5-17(24)13-18/h2-8,11-13,19H,9-10,14-16H2,1H3,(H,25,30). The monoisotopic (exact) mass is 424 g/mol. The zero-order chi connectivity index (χ0) is 21.8. The van der Waals surface area contributed by atoms with Crippen LogP contribution in [0.3, 0.4) is 0 Å². The minimum atomic E-state index is -0.431. The van der Waals surface area contributed by atoms with Crippen molar-refractivity contribution in [3.63, 3.8) is 0 Å². The molecule has 0 aliphatic heterocycles. The number of urea groups is 1. The number of halogens is 1. The Hall–Kier alpha value is -3.55. The second kappa shape index (κ2) is 9.07. The summed E-state index contributed by atoms with van der Waals surface area (Å²) < 4.78 is 20.9. The molecule has 1 saturated carbocycles. The van der Waals surface area contributed by atoms with E-state index < -0.39 is 11.8 Å². The van der Waals surface area contributed by atoms with Crippen molar-refractivity contribution in [1.82, 2.24) is 14.4 Å². The Morgan fingerprint density at radius 3 is 2.65 bits per heavy atom. The summed E-state index contributed by atoms with van der Waals surface area (Å²) in [5.74, 6) is 0.0580. The minimum Gasteiger partial charge on any atom is -0.467 e. The molecule has 1 N–H and O–H groups in total. The number of amides is 3. The van der Waals surface area contributed by atoms with E-state index in [-0.39, 0.29) is 18.5 Å². The Labute approximate surface area is 180 Å². The predicted octanol–water partition coefficient (Wildman–Crippen LogP) is 3.98. The first-order valence-corrected chi connectivity index (χ1v) is 10.2. The first-order valence-electron chi connectivity index (χ1n) is 10.2. The minimum absolute atomic E-state index is 0.0120. The van der Waals surface area contributed by atoms with E-state index in [1.165, 1.54) is 23.1 Å². The zero-order valence-electron chi connectivity index (χ0n) is 17.3. The lowest BCUT2D eigenvalue weighted by molar-refractivity contribution is -0.133. The summed E-state index contributed by atoms with van der Waals surface area (Å²) in [6, 6.07) is 12.8. The molecule has 7 nitrogen and oxygen atoms in total. The maximum Gasteiger partial charge on any atom is 0.322 e. The van der Waals surface area contributed by atoms with Crippen molar-refractivity contribution in [2.45, 2.75) is 32.0 Å². The van der Waals surface area contributed by atoms with Gasteiger partial charge >= 0.3 is 6.03 Å². The van der Waals surface area contributed by atoms with Gasteiger partial charge in [0.15, 0.2) is 0 Å². The molecule has 2 aromatic heterocycles. The van der Waals surface area contributed by atoms with Crippen molar-refractivity contribution in [2.24, 2.45) is 7.05 Å². The Kier molecular flexibility index (Phi) is 6.06. The van der Waals surface area contributed by atoms with Crippen LogP contribution < -0.4 is 5.32 Å². The Morgan fingerprint density at radius 2 is 2.00 bits per heavy atom. The van der Waals surface area contributed by atoms with Gasteiger partial charge in [-0.05, 0) is 55.3 Å². The third-order valence-electron chi connectivity index (χ3n) is 5.31. The summed E-state index contributed by atoms with van der Waals surface area (Å²) in [4.78, 5) is 29.3. The molecule has 1 aliphatic rings. The number of carbonyl (C=O) groups excluding carboxylic acids is 2. The number of rotatable bonds is 8. The van der Waals surface area contributed by atoms with E-state index >= 15 is 0 Å². The molecule has 1 aromatic carbocycles. The second-order valence-electron chi connectivity index (χ2n) is 7.74. The number of aromatic nitrogens is 1. The average Bonchev–Trinajstić information content (AvgIpc) is 3.29. The van der Waals surface area contributed by atoms with E-state index in [4.69, 9.17) is 4.42 Å². The van der Waals surface area contributed by atoms with Crippen molar-refractivity contribution in [2.75, 3.05) is 11.9 Å². The summed E-state index contributed by atoms with van der Waals surface area (Å²) in [6.07, 6.45) is 5.19. The number of hydrogen-bond acceptors (Lipinski definition) is 3. The van der Waals surface area contributed by atoms with Crippen LogP contribution in [0, 0.1) is 5.82 Å². The van der Waals surface area contributed by atoms with E-state index in [9.17, 15) is 14.0 Å². The molecule has 0 spiro atoms. The van der Waals surface area contributed by atoms with Gasteiger partial charge in [-0.1, -0.05) is 6.07 Å². The molecule has 0 saturated heterocycles. The van der Waals surface area contributed by atoms with E-state index in [0.717, 1.165) is 18.5 Å². The van der Waals surface area contributed by atoms with Gasteiger partial charge in [0.2, 0.25) is 5.91 Å². The highest BCUT2D eigenvalue weighted by Gasteiger charge is 2.35. The molecular weight excluding hydrogens is 399 g/mol. The molecule has 0 radical (unpaired) electrons. The van der Waals surface area contributed by atoms with Gasteiger partial charge in [-0.15, -0.1) is 0 Å². The highest BCUT2D eigenvalue weighted by molar-refractivity contribution is 5.92. The number of furan rings is 1. The van der Waals surface area contributed by atoms with Gasteiger partial charge in [0, 0.05) is 30.7 Å². The Balaban J connectivity index is 1.48. The van der Waals surface area contributed by atoms with Gasteiger partial charge < -0.3 is 24.1 Å². The normalized spacial score (nSPS) is 13.1. The van der Waals surface area contributed by atoms with E-state index in [0.29, 0.717) is 24.5 Å². The maximum absolute atomic E-state index is 13.5. The molecule has 0 atom stereocenters. The highest BCUT2D eigenvalue weighted by atomic mass is 19.1. The highest BCUT2D eigenvalue weighted by Crippen LogP contribution is 2.28. The van der Waals surface area contributed by atoms with Crippen LogP contribution in [0.4, 0.5) is 14.9 Å². The number of nitrogens with zero attached hydrogens (tertiary/aromatic N) is 3. The molecular formula is C23H25FN4O3. The van der Waals surface area contributed by atoms with Gasteiger partial charge in [-0.25, -0.2) is 9.18 Å². The number of nitrogens with one attached hydrogen (secondary N) is 1. The van der Waals surface area contributed by atoms with Gasteiger partial charge in [0.1, 0.15) is 18.1 Å².